The van der Waals surface area contributed by atoms with E-state index in [0.717, 1.165) is 0 Å². The first-order valence-electron chi connectivity index (χ1n) is 5.30. The summed E-state index contributed by atoms with van der Waals surface area (Å²) >= 11 is 0. The molecule has 0 aliphatic rings. The lowest BCUT2D eigenvalue weighted by Crippen LogP contribution is -2.35. The SMILES string of the molecule is CC(C)(C)OC(=O)NCC(=O)O.COC(C)C. The quantitative estimate of drug-likeness (QED) is 0.794. The minimum absolute atomic E-state index is 0.384. The van der Waals surface area contributed by atoms with Gasteiger partial charge in [0, 0.05) is 7.11 Å². The molecule has 1 amide bonds. The van der Waals surface area contributed by atoms with Crippen LogP contribution in [0.25, 0.3) is 0 Å². The van der Waals surface area contributed by atoms with E-state index >= 15 is 0 Å². The van der Waals surface area contributed by atoms with E-state index in [1.807, 2.05) is 13.8 Å². The molecule has 0 radical (unpaired) electrons. The number of carbonyl (C=O) groups excluding carboxylic acids is 1. The highest BCUT2D eigenvalue weighted by Crippen LogP contribution is 2.05. The molecule has 17 heavy (non-hydrogen) atoms. The molecule has 0 saturated carbocycles. The number of hydrogen-bond acceptors (Lipinski definition) is 4. The van der Waals surface area contributed by atoms with E-state index in [1.165, 1.54) is 0 Å². The maximum absolute atomic E-state index is 10.8. The van der Waals surface area contributed by atoms with Crippen molar-refractivity contribution in [3.63, 3.8) is 0 Å². The summed E-state index contributed by atoms with van der Waals surface area (Å²) in [4.78, 5) is 20.8. The van der Waals surface area contributed by atoms with E-state index in [0.29, 0.717) is 6.10 Å². The number of rotatable bonds is 3. The fourth-order valence-electron chi connectivity index (χ4n) is 0.462. The van der Waals surface area contributed by atoms with Gasteiger partial charge in [0.25, 0.3) is 0 Å². The number of aliphatic carboxylic acids is 1. The van der Waals surface area contributed by atoms with Gasteiger partial charge in [-0.2, -0.15) is 0 Å². The molecular formula is C11H23NO5. The second kappa shape index (κ2) is 8.81. The highest BCUT2D eigenvalue weighted by Gasteiger charge is 2.15. The molecule has 0 fully saturated rings. The minimum Gasteiger partial charge on any atom is -0.480 e. The van der Waals surface area contributed by atoms with Gasteiger partial charge >= 0.3 is 12.1 Å². The molecule has 0 atom stereocenters. The van der Waals surface area contributed by atoms with Crippen LogP contribution in [0.2, 0.25) is 0 Å². The summed E-state index contributed by atoms with van der Waals surface area (Å²) in [6.45, 7) is 8.68. The minimum atomic E-state index is -1.10. The van der Waals surface area contributed by atoms with Gasteiger partial charge in [0.15, 0.2) is 0 Å². The molecule has 0 aromatic heterocycles. The number of methoxy groups -OCH3 is 1. The van der Waals surface area contributed by atoms with Gasteiger partial charge in [-0.25, -0.2) is 4.79 Å². The number of carboxylic acid groups (broad SMARTS) is 1. The summed E-state index contributed by atoms with van der Waals surface area (Å²) in [6.07, 6.45) is -0.333. The lowest BCUT2D eigenvalue weighted by molar-refractivity contribution is -0.136. The summed E-state index contributed by atoms with van der Waals surface area (Å²) in [5.41, 5.74) is -0.595. The smallest absolute Gasteiger partial charge is 0.408 e. The fraction of sp³-hybridized carbons (Fsp3) is 0.818. The third kappa shape index (κ3) is 20.7. The second-order valence-electron chi connectivity index (χ2n) is 4.53. The number of carboxylic acids is 1. The Morgan fingerprint density at radius 1 is 1.29 bits per heavy atom. The average Bonchev–Trinajstić information content (AvgIpc) is 2.13. The van der Waals surface area contributed by atoms with Gasteiger partial charge in [-0.1, -0.05) is 0 Å². The number of nitrogens with one attached hydrogen (secondary N) is 1. The third-order valence-corrected chi connectivity index (χ3v) is 1.25. The van der Waals surface area contributed by atoms with Crippen LogP contribution < -0.4 is 5.32 Å². The zero-order valence-electron chi connectivity index (χ0n) is 11.4. The Bertz CT molecular complexity index is 233. The van der Waals surface area contributed by atoms with Gasteiger partial charge < -0.3 is 19.9 Å². The summed E-state index contributed by atoms with van der Waals surface area (Å²) in [5.74, 6) is -1.10. The van der Waals surface area contributed by atoms with Crippen LogP contribution in [0.4, 0.5) is 4.79 Å². The van der Waals surface area contributed by atoms with Crippen molar-refractivity contribution in [2.75, 3.05) is 13.7 Å². The molecule has 0 bridgehead atoms. The van der Waals surface area contributed by atoms with Gasteiger partial charge in [-0.15, -0.1) is 0 Å². The fourth-order valence-corrected chi connectivity index (χ4v) is 0.462. The highest BCUT2D eigenvalue weighted by atomic mass is 16.6. The first-order chi connectivity index (χ1) is 7.58. The van der Waals surface area contributed by atoms with Crippen LogP contribution in [-0.4, -0.2) is 42.5 Å². The Hall–Kier alpha value is -1.30. The van der Waals surface area contributed by atoms with Crippen LogP contribution in [0.15, 0.2) is 0 Å². The predicted molar refractivity (Wildman–Crippen MR) is 64.0 cm³/mol. The van der Waals surface area contributed by atoms with Crippen molar-refractivity contribution in [2.45, 2.75) is 46.3 Å². The second-order valence-corrected chi connectivity index (χ2v) is 4.53. The topological polar surface area (TPSA) is 84.9 Å². The van der Waals surface area contributed by atoms with Crippen LogP contribution in [0.1, 0.15) is 34.6 Å². The molecule has 0 aliphatic carbocycles. The summed E-state index contributed by atoms with van der Waals surface area (Å²) < 4.78 is 9.52. The van der Waals surface area contributed by atoms with Crippen LogP contribution in [-0.2, 0) is 14.3 Å². The van der Waals surface area contributed by atoms with E-state index in [1.54, 1.807) is 27.9 Å². The van der Waals surface area contributed by atoms with E-state index in [2.05, 4.69) is 5.32 Å². The maximum Gasteiger partial charge on any atom is 0.408 e. The van der Waals surface area contributed by atoms with Gasteiger partial charge in [0.05, 0.1) is 6.10 Å². The molecule has 0 aliphatic heterocycles. The Balaban J connectivity index is 0. The Labute approximate surface area is 102 Å². The number of hydrogen-bond donors (Lipinski definition) is 2. The molecule has 0 spiro atoms. The zero-order valence-corrected chi connectivity index (χ0v) is 11.4. The molecule has 2 N–H and O–H groups in total. The predicted octanol–water partition coefficient (Wildman–Crippen LogP) is 1.64. The Morgan fingerprint density at radius 2 is 1.71 bits per heavy atom. The first-order valence-corrected chi connectivity index (χ1v) is 5.30. The Kier molecular flexibility index (Phi) is 9.36. The van der Waals surface area contributed by atoms with Gasteiger partial charge in [-0.05, 0) is 34.6 Å². The van der Waals surface area contributed by atoms with Crippen LogP contribution in [0.3, 0.4) is 0 Å². The average molecular weight is 249 g/mol. The van der Waals surface area contributed by atoms with Crippen molar-refractivity contribution in [3.8, 4) is 0 Å². The van der Waals surface area contributed by atoms with Crippen molar-refractivity contribution in [3.05, 3.63) is 0 Å². The molecule has 0 unspecified atom stereocenters. The van der Waals surface area contributed by atoms with E-state index in [4.69, 9.17) is 14.6 Å². The monoisotopic (exact) mass is 249 g/mol. The van der Waals surface area contributed by atoms with Crippen molar-refractivity contribution in [1.29, 1.82) is 0 Å². The lowest BCUT2D eigenvalue weighted by Gasteiger charge is -2.19. The standard InChI is InChI=1S/C7H13NO4.C4H10O/c1-7(2,3)12-6(11)8-4-5(9)10;1-4(2)5-3/h4H2,1-3H3,(H,8,11)(H,9,10);4H,1-3H3. The zero-order chi connectivity index (χ0) is 14.1. The number of alkyl carbamates (subject to hydrolysis) is 1. The van der Waals surface area contributed by atoms with Crippen molar-refractivity contribution < 1.29 is 24.2 Å². The summed E-state index contributed by atoms with van der Waals surface area (Å²) in [5, 5.41) is 10.3. The highest BCUT2D eigenvalue weighted by molar-refractivity contribution is 5.76. The lowest BCUT2D eigenvalue weighted by atomic mass is 10.2. The van der Waals surface area contributed by atoms with Crippen molar-refractivity contribution >= 4 is 12.1 Å². The normalized spacial score (nSPS) is 10.3. The van der Waals surface area contributed by atoms with Crippen molar-refractivity contribution in [1.82, 2.24) is 5.32 Å². The molecule has 0 aromatic rings. The molecule has 0 saturated heterocycles. The first kappa shape index (κ1) is 18.1. The maximum atomic E-state index is 10.8. The van der Waals surface area contributed by atoms with Gasteiger partial charge in [0.1, 0.15) is 12.1 Å². The number of amides is 1. The van der Waals surface area contributed by atoms with Crippen molar-refractivity contribution in [2.24, 2.45) is 0 Å². The molecule has 0 aromatic carbocycles. The van der Waals surface area contributed by atoms with Crippen LogP contribution >= 0.6 is 0 Å². The molecule has 0 rings (SSSR count). The Morgan fingerprint density at radius 3 is 1.94 bits per heavy atom. The van der Waals surface area contributed by atoms with E-state index in [-0.39, 0.29) is 0 Å². The largest absolute Gasteiger partial charge is 0.480 e. The third-order valence-electron chi connectivity index (χ3n) is 1.25. The van der Waals surface area contributed by atoms with E-state index in [9.17, 15) is 9.59 Å². The molecule has 6 nitrogen and oxygen atoms in total. The number of carbonyl (C=O) groups is 2. The van der Waals surface area contributed by atoms with Gasteiger partial charge in [-0.3, -0.25) is 4.79 Å². The molecule has 6 heteroatoms. The molecule has 0 heterocycles. The summed E-state index contributed by atoms with van der Waals surface area (Å²) in [6, 6.07) is 0. The van der Waals surface area contributed by atoms with Crippen LogP contribution in [0.5, 0.6) is 0 Å². The molecule has 102 valence electrons. The van der Waals surface area contributed by atoms with E-state index < -0.39 is 24.2 Å². The molecular weight excluding hydrogens is 226 g/mol. The van der Waals surface area contributed by atoms with Crippen LogP contribution in [0, 0.1) is 0 Å². The number of ether oxygens (including phenoxy) is 2. The summed E-state index contributed by atoms with van der Waals surface area (Å²) in [7, 11) is 1.70. The van der Waals surface area contributed by atoms with Gasteiger partial charge in [0.2, 0.25) is 0 Å².